The van der Waals surface area contributed by atoms with Gasteiger partial charge in [0.25, 0.3) is 0 Å². The molecule has 2 unspecified atom stereocenters. The van der Waals surface area contributed by atoms with Crippen molar-refractivity contribution in [3.05, 3.63) is 29.8 Å². The van der Waals surface area contributed by atoms with Crippen molar-refractivity contribution in [3.63, 3.8) is 0 Å². The molecule has 21 heavy (non-hydrogen) atoms. The van der Waals surface area contributed by atoms with Crippen LogP contribution < -0.4 is 16.3 Å². The van der Waals surface area contributed by atoms with Gasteiger partial charge in [-0.25, -0.2) is 5.43 Å². The van der Waals surface area contributed by atoms with Crippen LogP contribution in [0.4, 0.5) is 0 Å². The number of nitrogens with one attached hydrogen (secondary N) is 3. The Morgan fingerprint density at radius 2 is 2.00 bits per heavy atom. The largest absolute Gasteiger partial charge is 0.507 e. The van der Waals surface area contributed by atoms with Crippen molar-refractivity contribution in [1.82, 2.24) is 16.3 Å². The van der Waals surface area contributed by atoms with Crippen LogP contribution in [-0.4, -0.2) is 29.3 Å². The quantitative estimate of drug-likeness (QED) is 0.483. The third kappa shape index (κ3) is 4.27. The van der Waals surface area contributed by atoms with E-state index in [2.05, 4.69) is 35.2 Å². The van der Waals surface area contributed by atoms with Gasteiger partial charge >= 0.3 is 0 Å². The third-order valence-corrected chi connectivity index (χ3v) is 3.86. The first kappa shape index (κ1) is 15.5. The van der Waals surface area contributed by atoms with Crippen LogP contribution in [-0.2, 0) is 4.79 Å². The molecule has 0 saturated carbocycles. The zero-order valence-corrected chi connectivity index (χ0v) is 12.3. The van der Waals surface area contributed by atoms with Gasteiger partial charge in [-0.15, -0.1) is 0 Å². The van der Waals surface area contributed by atoms with Crippen molar-refractivity contribution >= 4 is 12.1 Å². The van der Waals surface area contributed by atoms with Gasteiger partial charge in [0.1, 0.15) is 5.75 Å². The number of hydrazone groups is 1. The number of carbonyl (C=O) groups is 1. The fourth-order valence-corrected chi connectivity index (χ4v) is 2.53. The maximum absolute atomic E-state index is 11.8. The van der Waals surface area contributed by atoms with E-state index in [0.29, 0.717) is 30.0 Å². The second-order valence-electron chi connectivity index (χ2n) is 5.42. The van der Waals surface area contributed by atoms with Gasteiger partial charge in [-0.1, -0.05) is 12.1 Å². The highest BCUT2D eigenvalue weighted by Gasteiger charge is 2.29. The smallest absolute Gasteiger partial charge is 0.240 e. The van der Waals surface area contributed by atoms with E-state index in [1.165, 1.54) is 6.21 Å². The SMILES string of the molecule is CC1NNC(C)C1CCC(=O)N/N=C/c1ccccc1O. The van der Waals surface area contributed by atoms with Crippen LogP contribution in [0.5, 0.6) is 5.75 Å². The fraction of sp³-hybridized carbons (Fsp3) is 0.467. The number of hydrazine groups is 1. The summed E-state index contributed by atoms with van der Waals surface area (Å²) in [6.07, 6.45) is 2.68. The lowest BCUT2D eigenvalue weighted by Crippen LogP contribution is -2.30. The van der Waals surface area contributed by atoms with Gasteiger partial charge in [0.2, 0.25) is 5.91 Å². The Bertz CT molecular complexity index is 508. The number of phenolic OH excluding ortho intramolecular Hbond substituents is 1. The van der Waals surface area contributed by atoms with Crippen LogP contribution >= 0.6 is 0 Å². The lowest BCUT2D eigenvalue weighted by Gasteiger charge is -2.16. The number of rotatable bonds is 5. The number of phenols is 1. The molecule has 6 nitrogen and oxygen atoms in total. The van der Waals surface area contributed by atoms with Crippen molar-refractivity contribution in [2.45, 2.75) is 38.8 Å². The number of nitrogens with zero attached hydrogens (tertiary/aromatic N) is 1. The lowest BCUT2D eigenvalue weighted by molar-refractivity contribution is -0.121. The van der Waals surface area contributed by atoms with E-state index in [1.54, 1.807) is 24.3 Å². The zero-order chi connectivity index (χ0) is 15.2. The van der Waals surface area contributed by atoms with Crippen LogP contribution in [0.3, 0.4) is 0 Å². The molecule has 6 heteroatoms. The van der Waals surface area contributed by atoms with Gasteiger partial charge in [0.15, 0.2) is 0 Å². The fourth-order valence-electron chi connectivity index (χ4n) is 2.53. The lowest BCUT2D eigenvalue weighted by atomic mass is 9.91. The van der Waals surface area contributed by atoms with E-state index < -0.39 is 0 Å². The molecule has 0 aliphatic carbocycles. The molecule has 0 radical (unpaired) electrons. The average Bonchev–Trinajstić information content (AvgIpc) is 2.78. The molecule has 1 saturated heterocycles. The summed E-state index contributed by atoms with van der Waals surface area (Å²) in [7, 11) is 0. The highest BCUT2D eigenvalue weighted by atomic mass is 16.3. The number of benzene rings is 1. The van der Waals surface area contributed by atoms with Crippen molar-refractivity contribution in [2.75, 3.05) is 0 Å². The monoisotopic (exact) mass is 290 g/mol. The minimum atomic E-state index is -0.118. The number of hydrogen-bond donors (Lipinski definition) is 4. The van der Waals surface area contributed by atoms with Crippen LogP contribution in [0.25, 0.3) is 0 Å². The van der Waals surface area contributed by atoms with Crippen LogP contribution in [0, 0.1) is 5.92 Å². The number of para-hydroxylation sites is 1. The van der Waals surface area contributed by atoms with Gasteiger partial charge < -0.3 is 5.11 Å². The molecule has 0 spiro atoms. The first-order valence-electron chi connectivity index (χ1n) is 7.19. The second kappa shape index (κ2) is 7.19. The summed E-state index contributed by atoms with van der Waals surface area (Å²) in [5, 5.41) is 13.4. The van der Waals surface area contributed by atoms with Crippen LogP contribution in [0.2, 0.25) is 0 Å². The molecule has 2 atom stereocenters. The van der Waals surface area contributed by atoms with Crippen LogP contribution in [0.15, 0.2) is 29.4 Å². The van der Waals surface area contributed by atoms with Crippen molar-refractivity contribution in [1.29, 1.82) is 0 Å². The standard InChI is InChI=1S/C15H22N4O2/c1-10-13(11(2)18-17-10)7-8-15(21)19-16-9-12-5-3-4-6-14(12)20/h3-6,9-11,13,17-18,20H,7-8H2,1-2H3,(H,19,21)/b16-9+. The number of amides is 1. The Morgan fingerprint density at radius 3 is 2.67 bits per heavy atom. The Labute approximate surface area is 124 Å². The molecule has 1 aromatic carbocycles. The Morgan fingerprint density at radius 1 is 1.33 bits per heavy atom. The molecule has 1 aliphatic rings. The second-order valence-corrected chi connectivity index (χ2v) is 5.42. The van der Waals surface area contributed by atoms with E-state index in [-0.39, 0.29) is 11.7 Å². The third-order valence-electron chi connectivity index (χ3n) is 3.86. The van der Waals surface area contributed by atoms with E-state index in [0.717, 1.165) is 6.42 Å². The normalized spacial score (nSPS) is 25.3. The molecule has 1 amide bonds. The summed E-state index contributed by atoms with van der Waals surface area (Å²) in [6, 6.07) is 7.55. The van der Waals surface area contributed by atoms with Gasteiger partial charge in [0.05, 0.1) is 6.21 Å². The summed E-state index contributed by atoms with van der Waals surface area (Å²) < 4.78 is 0. The first-order valence-corrected chi connectivity index (χ1v) is 7.19. The molecular weight excluding hydrogens is 268 g/mol. The molecule has 4 N–H and O–H groups in total. The minimum Gasteiger partial charge on any atom is -0.507 e. The number of carbonyl (C=O) groups excluding carboxylic acids is 1. The van der Waals surface area contributed by atoms with E-state index in [9.17, 15) is 9.90 Å². The van der Waals surface area contributed by atoms with Gasteiger partial charge in [-0.05, 0) is 38.3 Å². The van der Waals surface area contributed by atoms with Crippen molar-refractivity contribution < 1.29 is 9.90 Å². The maximum Gasteiger partial charge on any atom is 0.240 e. The molecule has 1 fully saturated rings. The molecule has 114 valence electrons. The molecule has 0 aromatic heterocycles. The maximum atomic E-state index is 11.8. The first-order chi connectivity index (χ1) is 10.1. The topological polar surface area (TPSA) is 85.8 Å². The predicted octanol–water partition coefficient (Wildman–Crippen LogP) is 1.12. The highest BCUT2D eigenvalue weighted by Crippen LogP contribution is 2.19. The highest BCUT2D eigenvalue weighted by molar-refractivity contribution is 5.84. The van der Waals surface area contributed by atoms with Gasteiger partial charge in [0, 0.05) is 24.1 Å². The van der Waals surface area contributed by atoms with E-state index in [1.807, 2.05) is 0 Å². The molecule has 2 rings (SSSR count). The molecule has 0 bridgehead atoms. The van der Waals surface area contributed by atoms with Crippen molar-refractivity contribution in [3.8, 4) is 5.75 Å². The van der Waals surface area contributed by atoms with Gasteiger partial charge in [-0.2, -0.15) is 5.10 Å². The van der Waals surface area contributed by atoms with Crippen LogP contribution in [0.1, 0.15) is 32.3 Å². The Hall–Kier alpha value is -1.92. The van der Waals surface area contributed by atoms with Crippen molar-refractivity contribution in [2.24, 2.45) is 11.0 Å². The number of hydrogen-bond acceptors (Lipinski definition) is 5. The molecular formula is C15H22N4O2. The zero-order valence-electron chi connectivity index (χ0n) is 12.3. The molecule has 1 aliphatic heterocycles. The summed E-state index contributed by atoms with van der Waals surface area (Å²) in [5.74, 6) is 0.451. The number of aromatic hydroxyl groups is 1. The van der Waals surface area contributed by atoms with E-state index >= 15 is 0 Å². The Balaban J connectivity index is 1.76. The summed E-state index contributed by atoms with van der Waals surface area (Å²) in [5.41, 5.74) is 9.41. The summed E-state index contributed by atoms with van der Waals surface area (Å²) >= 11 is 0. The summed E-state index contributed by atoms with van der Waals surface area (Å²) in [4.78, 5) is 11.8. The summed E-state index contributed by atoms with van der Waals surface area (Å²) in [6.45, 7) is 4.21. The Kier molecular flexibility index (Phi) is 5.30. The minimum absolute atomic E-state index is 0.118. The average molecular weight is 290 g/mol. The van der Waals surface area contributed by atoms with Gasteiger partial charge in [-0.3, -0.25) is 15.6 Å². The molecule has 1 aromatic rings. The van der Waals surface area contributed by atoms with E-state index in [4.69, 9.17) is 0 Å². The molecule has 1 heterocycles. The predicted molar refractivity (Wildman–Crippen MR) is 81.8 cm³/mol.